The average molecular weight is 387 g/mol. The van der Waals surface area contributed by atoms with Crippen molar-refractivity contribution in [3.63, 3.8) is 0 Å². The summed E-state index contributed by atoms with van der Waals surface area (Å²) in [7, 11) is 0. The van der Waals surface area contributed by atoms with Gasteiger partial charge in [-0.05, 0) is 31.2 Å². The third kappa shape index (κ3) is 4.62. The first-order valence-corrected chi connectivity index (χ1v) is 9.63. The van der Waals surface area contributed by atoms with Crippen LogP contribution < -0.4 is 10.1 Å². The molecule has 6 heteroatoms. The Hall–Kier alpha value is -2.37. The number of aromatic nitrogens is 1. The van der Waals surface area contributed by atoms with E-state index in [0.29, 0.717) is 35.9 Å². The highest BCUT2D eigenvalue weighted by Gasteiger charge is 2.11. The van der Waals surface area contributed by atoms with E-state index in [9.17, 15) is 4.79 Å². The third-order valence-electron chi connectivity index (χ3n) is 3.74. The standard InChI is InChI=1S/C20H19ClN2O2S/c1-2-25-18-6-4-3-5-17(18)19(24)22-12-11-16-13-26-20(23-16)14-7-9-15(21)10-8-14/h3-10,13H,2,11-12H2,1H3,(H,22,24). The number of hydrogen-bond donors (Lipinski definition) is 1. The predicted octanol–water partition coefficient (Wildman–Crippen LogP) is 4.83. The summed E-state index contributed by atoms with van der Waals surface area (Å²) in [5.41, 5.74) is 2.55. The van der Waals surface area contributed by atoms with Gasteiger partial charge in [0.15, 0.2) is 0 Å². The fourth-order valence-corrected chi connectivity index (χ4v) is 3.47. The molecule has 4 nitrogen and oxygen atoms in total. The van der Waals surface area contributed by atoms with Gasteiger partial charge in [-0.1, -0.05) is 35.9 Å². The van der Waals surface area contributed by atoms with Crippen LogP contribution in [0.15, 0.2) is 53.9 Å². The number of benzene rings is 2. The lowest BCUT2D eigenvalue weighted by Gasteiger charge is -2.10. The van der Waals surface area contributed by atoms with Crippen LogP contribution in [0.1, 0.15) is 23.0 Å². The number of ether oxygens (including phenoxy) is 1. The summed E-state index contributed by atoms with van der Waals surface area (Å²) in [5, 5.41) is 6.61. The van der Waals surface area contributed by atoms with Crippen molar-refractivity contribution >= 4 is 28.8 Å². The largest absolute Gasteiger partial charge is 0.493 e. The summed E-state index contributed by atoms with van der Waals surface area (Å²) in [5.74, 6) is 0.466. The Kier molecular flexibility index (Phi) is 6.26. The lowest BCUT2D eigenvalue weighted by molar-refractivity contribution is 0.0950. The molecule has 0 radical (unpaired) electrons. The van der Waals surface area contributed by atoms with E-state index in [1.807, 2.05) is 48.7 Å². The molecule has 1 amide bonds. The second kappa shape index (κ2) is 8.83. The number of rotatable bonds is 7. The molecule has 0 aliphatic heterocycles. The van der Waals surface area contributed by atoms with E-state index < -0.39 is 0 Å². The van der Waals surface area contributed by atoms with Crippen molar-refractivity contribution in [1.29, 1.82) is 0 Å². The number of nitrogens with one attached hydrogen (secondary N) is 1. The Morgan fingerprint density at radius 3 is 2.73 bits per heavy atom. The van der Waals surface area contributed by atoms with Crippen LogP contribution in [0.5, 0.6) is 5.75 Å². The monoisotopic (exact) mass is 386 g/mol. The van der Waals surface area contributed by atoms with E-state index in [1.165, 1.54) is 0 Å². The zero-order valence-electron chi connectivity index (χ0n) is 14.4. The molecule has 0 bridgehead atoms. The van der Waals surface area contributed by atoms with Gasteiger partial charge in [0, 0.05) is 28.9 Å². The van der Waals surface area contributed by atoms with Gasteiger partial charge in [-0.2, -0.15) is 0 Å². The molecule has 26 heavy (non-hydrogen) atoms. The van der Waals surface area contributed by atoms with Gasteiger partial charge >= 0.3 is 0 Å². The predicted molar refractivity (Wildman–Crippen MR) is 106 cm³/mol. The van der Waals surface area contributed by atoms with Gasteiger partial charge < -0.3 is 10.1 Å². The lowest BCUT2D eigenvalue weighted by atomic mass is 10.2. The number of carbonyl (C=O) groups excluding carboxylic acids is 1. The van der Waals surface area contributed by atoms with Crippen LogP contribution in [-0.4, -0.2) is 24.0 Å². The molecule has 0 saturated carbocycles. The van der Waals surface area contributed by atoms with Crippen molar-refractivity contribution in [3.05, 3.63) is 70.2 Å². The van der Waals surface area contributed by atoms with E-state index in [2.05, 4.69) is 10.3 Å². The van der Waals surface area contributed by atoms with Gasteiger partial charge in [-0.25, -0.2) is 4.98 Å². The van der Waals surface area contributed by atoms with Crippen molar-refractivity contribution in [3.8, 4) is 16.3 Å². The second-order valence-electron chi connectivity index (χ2n) is 5.59. The summed E-state index contributed by atoms with van der Waals surface area (Å²) in [6.07, 6.45) is 0.673. The van der Waals surface area contributed by atoms with Crippen LogP contribution in [0, 0.1) is 0 Å². The average Bonchev–Trinajstić information content (AvgIpc) is 3.12. The van der Waals surface area contributed by atoms with Crippen LogP contribution >= 0.6 is 22.9 Å². The Labute approximate surface area is 161 Å². The van der Waals surface area contributed by atoms with Crippen LogP contribution in [0.3, 0.4) is 0 Å². The van der Waals surface area contributed by atoms with Crippen molar-refractivity contribution in [2.75, 3.05) is 13.2 Å². The van der Waals surface area contributed by atoms with Crippen molar-refractivity contribution in [2.24, 2.45) is 0 Å². The highest BCUT2D eigenvalue weighted by Crippen LogP contribution is 2.25. The van der Waals surface area contributed by atoms with E-state index in [-0.39, 0.29) is 5.91 Å². The number of nitrogens with zero attached hydrogens (tertiary/aromatic N) is 1. The first kappa shape index (κ1) is 18.4. The first-order chi connectivity index (χ1) is 12.7. The molecule has 0 aliphatic carbocycles. The van der Waals surface area contributed by atoms with E-state index >= 15 is 0 Å². The van der Waals surface area contributed by atoms with Gasteiger partial charge in [0.2, 0.25) is 0 Å². The summed E-state index contributed by atoms with van der Waals surface area (Å²) < 4.78 is 5.50. The molecule has 0 spiro atoms. The van der Waals surface area contributed by atoms with E-state index in [1.54, 1.807) is 23.5 Å². The summed E-state index contributed by atoms with van der Waals surface area (Å²) >= 11 is 7.50. The quantitative estimate of drug-likeness (QED) is 0.632. The molecule has 3 rings (SSSR count). The molecule has 3 aromatic rings. The molecule has 0 atom stereocenters. The molecule has 0 unspecified atom stereocenters. The van der Waals surface area contributed by atoms with Crippen LogP contribution in [0.2, 0.25) is 5.02 Å². The van der Waals surface area contributed by atoms with Crippen molar-refractivity contribution in [1.82, 2.24) is 10.3 Å². The van der Waals surface area contributed by atoms with Crippen LogP contribution in [0.4, 0.5) is 0 Å². The lowest BCUT2D eigenvalue weighted by Crippen LogP contribution is -2.26. The van der Waals surface area contributed by atoms with Gasteiger partial charge in [-0.15, -0.1) is 11.3 Å². The van der Waals surface area contributed by atoms with Crippen LogP contribution in [0.25, 0.3) is 10.6 Å². The van der Waals surface area contributed by atoms with Crippen molar-refractivity contribution in [2.45, 2.75) is 13.3 Å². The topological polar surface area (TPSA) is 51.2 Å². The second-order valence-corrected chi connectivity index (χ2v) is 6.88. The highest BCUT2D eigenvalue weighted by molar-refractivity contribution is 7.13. The fraction of sp³-hybridized carbons (Fsp3) is 0.200. The number of para-hydroxylation sites is 1. The van der Waals surface area contributed by atoms with Gasteiger partial charge in [0.05, 0.1) is 17.9 Å². The normalized spacial score (nSPS) is 10.5. The van der Waals surface area contributed by atoms with E-state index in [4.69, 9.17) is 16.3 Å². The Morgan fingerprint density at radius 2 is 1.96 bits per heavy atom. The SMILES string of the molecule is CCOc1ccccc1C(=O)NCCc1csc(-c2ccc(Cl)cc2)n1. The Balaban J connectivity index is 1.57. The molecular weight excluding hydrogens is 368 g/mol. The zero-order valence-corrected chi connectivity index (χ0v) is 15.9. The summed E-state index contributed by atoms with van der Waals surface area (Å²) in [6.45, 7) is 2.94. The number of hydrogen-bond acceptors (Lipinski definition) is 4. The van der Waals surface area contributed by atoms with Gasteiger partial charge in [-0.3, -0.25) is 4.79 Å². The zero-order chi connectivity index (χ0) is 18.4. The fourth-order valence-electron chi connectivity index (χ4n) is 2.48. The number of carbonyl (C=O) groups is 1. The van der Waals surface area contributed by atoms with E-state index in [0.717, 1.165) is 16.3 Å². The molecule has 134 valence electrons. The molecule has 2 aromatic carbocycles. The van der Waals surface area contributed by atoms with Gasteiger partial charge in [0.25, 0.3) is 5.91 Å². The minimum Gasteiger partial charge on any atom is -0.493 e. The molecule has 0 fully saturated rings. The molecule has 0 saturated heterocycles. The molecule has 1 aromatic heterocycles. The Morgan fingerprint density at radius 1 is 1.19 bits per heavy atom. The molecule has 1 heterocycles. The van der Waals surface area contributed by atoms with Gasteiger partial charge in [0.1, 0.15) is 10.8 Å². The number of amides is 1. The maximum Gasteiger partial charge on any atom is 0.255 e. The summed E-state index contributed by atoms with van der Waals surface area (Å²) in [4.78, 5) is 17.0. The van der Waals surface area contributed by atoms with Crippen LogP contribution in [-0.2, 0) is 6.42 Å². The van der Waals surface area contributed by atoms with Crippen molar-refractivity contribution < 1.29 is 9.53 Å². The third-order valence-corrected chi connectivity index (χ3v) is 4.93. The molecule has 1 N–H and O–H groups in total. The summed E-state index contributed by atoms with van der Waals surface area (Å²) in [6, 6.07) is 14.9. The molecular formula is C20H19ClN2O2S. The smallest absolute Gasteiger partial charge is 0.255 e. The Bertz CT molecular complexity index is 878. The highest BCUT2D eigenvalue weighted by atomic mass is 35.5. The number of thiazole rings is 1. The molecule has 0 aliphatic rings. The minimum absolute atomic E-state index is 0.137. The first-order valence-electron chi connectivity index (χ1n) is 8.37. The maximum absolute atomic E-state index is 12.4. The number of halogens is 1. The minimum atomic E-state index is -0.137. The maximum atomic E-state index is 12.4.